The zero-order valence-electron chi connectivity index (χ0n) is 11.2. The Hall–Kier alpha value is -1.97. The Morgan fingerprint density at radius 2 is 1.81 bits per heavy atom. The third-order valence-electron chi connectivity index (χ3n) is 3.25. The minimum Gasteiger partial charge on any atom is -0.372 e. The molecule has 0 bridgehead atoms. The van der Waals surface area contributed by atoms with Crippen LogP contribution in [-0.2, 0) is 18.0 Å². The van der Waals surface area contributed by atoms with Crippen molar-refractivity contribution < 1.29 is 9.13 Å². The SMILES string of the molecule is Fc1cccc2c(COCc3ccc(Cl)cc3)ccnc12. The van der Waals surface area contributed by atoms with E-state index in [1.807, 2.05) is 36.4 Å². The lowest BCUT2D eigenvalue weighted by molar-refractivity contribution is 0.108. The van der Waals surface area contributed by atoms with Crippen molar-refractivity contribution >= 4 is 22.5 Å². The number of nitrogens with zero attached hydrogens (tertiary/aromatic N) is 1. The normalized spacial score (nSPS) is 11.0. The number of aromatic nitrogens is 1. The monoisotopic (exact) mass is 301 g/mol. The zero-order valence-corrected chi connectivity index (χ0v) is 12.0. The summed E-state index contributed by atoms with van der Waals surface area (Å²) in [4.78, 5) is 4.07. The average Bonchev–Trinajstić information content (AvgIpc) is 2.50. The third kappa shape index (κ3) is 3.20. The number of benzene rings is 2. The fourth-order valence-electron chi connectivity index (χ4n) is 2.18. The lowest BCUT2D eigenvalue weighted by Crippen LogP contribution is -1.96. The van der Waals surface area contributed by atoms with E-state index in [4.69, 9.17) is 16.3 Å². The van der Waals surface area contributed by atoms with Crippen molar-refractivity contribution in [1.82, 2.24) is 4.98 Å². The van der Waals surface area contributed by atoms with Gasteiger partial charge in [0.2, 0.25) is 0 Å². The van der Waals surface area contributed by atoms with Crippen molar-refractivity contribution in [1.29, 1.82) is 0 Å². The van der Waals surface area contributed by atoms with E-state index in [2.05, 4.69) is 4.98 Å². The number of ether oxygens (including phenoxy) is 1. The first kappa shape index (κ1) is 14.0. The maximum absolute atomic E-state index is 13.7. The van der Waals surface area contributed by atoms with Gasteiger partial charge in [0.1, 0.15) is 11.3 Å². The molecule has 1 heterocycles. The summed E-state index contributed by atoms with van der Waals surface area (Å²) in [7, 11) is 0. The standard InChI is InChI=1S/C17H13ClFNO/c18-14-6-4-12(5-7-14)10-21-11-13-8-9-20-17-15(13)2-1-3-16(17)19/h1-9H,10-11H2. The van der Waals surface area contributed by atoms with E-state index >= 15 is 0 Å². The molecule has 0 unspecified atom stereocenters. The summed E-state index contributed by atoms with van der Waals surface area (Å²) in [5.41, 5.74) is 2.35. The van der Waals surface area contributed by atoms with Gasteiger partial charge in [-0.15, -0.1) is 0 Å². The Bertz CT molecular complexity index is 758. The predicted molar refractivity (Wildman–Crippen MR) is 81.6 cm³/mol. The lowest BCUT2D eigenvalue weighted by atomic mass is 10.1. The first-order valence-corrected chi connectivity index (χ1v) is 6.96. The van der Waals surface area contributed by atoms with Crippen molar-refractivity contribution in [3.05, 3.63) is 76.7 Å². The summed E-state index contributed by atoms with van der Waals surface area (Å²) in [6.07, 6.45) is 1.60. The fraction of sp³-hybridized carbons (Fsp3) is 0.118. The van der Waals surface area contributed by atoms with Crippen molar-refractivity contribution in [3.63, 3.8) is 0 Å². The number of hydrogen-bond acceptors (Lipinski definition) is 2. The molecular formula is C17H13ClFNO. The van der Waals surface area contributed by atoms with Crippen molar-refractivity contribution in [2.75, 3.05) is 0 Å². The van der Waals surface area contributed by atoms with Gasteiger partial charge in [-0.25, -0.2) is 4.39 Å². The molecule has 0 N–H and O–H groups in total. The smallest absolute Gasteiger partial charge is 0.149 e. The van der Waals surface area contributed by atoms with E-state index in [-0.39, 0.29) is 5.82 Å². The predicted octanol–water partition coefficient (Wildman–Crippen LogP) is 4.74. The number of halogens is 2. The summed E-state index contributed by atoms with van der Waals surface area (Å²) in [6.45, 7) is 0.890. The van der Waals surface area contributed by atoms with Gasteiger partial charge in [0.25, 0.3) is 0 Å². The van der Waals surface area contributed by atoms with Crippen LogP contribution in [0, 0.1) is 5.82 Å². The molecule has 3 aromatic rings. The van der Waals surface area contributed by atoms with Crippen LogP contribution >= 0.6 is 11.6 Å². The van der Waals surface area contributed by atoms with E-state index in [0.29, 0.717) is 23.8 Å². The first-order valence-electron chi connectivity index (χ1n) is 6.58. The summed E-state index contributed by atoms with van der Waals surface area (Å²) < 4.78 is 19.4. The molecular weight excluding hydrogens is 289 g/mol. The molecule has 0 radical (unpaired) electrons. The van der Waals surface area contributed by atoms with E-state index in [1.54, 1.807) is 12.3 Å². The largest absolute Gasteiger partial charge is 0.372 e. The van der Waals surface area contributed by atoms with Crippen LogP contribution in [-0.4, -0.2) is 4.98 Å². The van der Waals surface area contributed by atoms with Crippen LogP contribution in [0.15, 0.2) is 54.7 Å². The summed E-state index contributed by atoms with van der Waals surface area (Å²) >= 11 is 5.84. The van der Waals surface area contributed by atoms with Gasteiger partial charge in [0, 0.05) is 16.6 Å². The highest BCUT2D eigenvalue weighted by Gasteiger charge is 2.06. The summed E-state index contributed by atoms with van der Waals surface area (Å²) in [5, 5.41) is 1.49. The van der Waals surface area contributed by atoms with Gasteiger partial charge in [-0.1, -0.05) is 35.9 Å². The second kappa shape index (κ2) is 6.20. The van der Waals surface area contributed by atoms with Crippen LogP contribution < -0.4 is 0 Å². The molecule has 0 atom stereocenters. The van der Waals surface area contributed by atoms with Crippen LogP contribution in [0.2, 0.25) is 5.02 Å². The van der Waals surface area contributed by atoms with Crippen LogP contribution in [0.1, 0.15) is 11.1 Å². The topological polar surface area (TPSA) is 22.1 Å². The Labute approximate surface area is 127 Å². The molecule has 0 saturated heterocycles. The Kier molecular flexibility index (Phi) is 4.13. The van der Waals surface area contributed by atoms with Gasteiger partial charge in [0.05, 0.1) is 13.2 Å². The quantitative estimate of drug-likeness (QED) is 0.694. The van der Waals surface area contributed by atoms with Gasteiger partial charge >= 0.3 is 0 Å². The molecule has 0 aliphatic rings. The maximum Gasteiger partial charge on any atom is 0.149 e. The fourth-order valence-corrected chi connectivity index (χ4v) is 2.31. The number of rotatable bonds is 4. The third-order valence-corrected chi connectivity index (χ3v) is 3.50. The molecule has 4 heteroatoms. The van der Waals surface area contributed by atoms with E-state index in [0.717, 1.165) is 16.5 Å². The lowest BCUT2D eigenvalue weighted by Gasteiger charge is -2.08. The highest BCUT2D eigenvalue weighted by molar-refractivity contribution is 6.30. The zero-order chi connectivity index (χ0) is 14.7. The average molecular weight is 302 g/mol. The highest BCUT2D eigenvalue weighted by Crippen LogP contribution is 2.20. The van der Waals surface area contributed by atoms with Gasteiger partial charge in [0.15, 0.2) is 0 Å². The second-order valence-corrected chi connectivity index (χ2v) is 5.16. The molecule has 0 aliphatic carbocycles. The Morgan fingerprint density at radius 1 is 1.00 bits per heavy atom. The van der Waals surface area contributed by atoms with E-state index in [9.17, 15) is 4.39 Å². The van der Waals surface area contributed by atoms with Gasteiger partial charge in [-0.2, -0.15) is 0 Å². The number of pyridine rings is 1. The first-order chi connectivity index (χ1) is 10.2. The molecule has 2 aromatic carbocycles. The number of fused-ring (bicyclic) bond motifs is 1. The van der Waals surface area contributed by atoms with Crippen molar-refractivity contribution in [3.8, 4) is 0 Å². The van der Waals surface area contributed by atoms with Crippen molar-refractivity contribution in [2.24, 2.45) is 0 Å². The molecule has 0 aliphatic heterocycles. The molecule has 0 spiro atoms. The van der Waals surface area contributed by atoms with Crippen LogP contribution in [0.5, 0.6) is 0 Å². The van der Waals surface area contributed by atoms with Crippen molar-refractivity contribution in [2.45, 2.75) is 13.2 Å². The van der Waals surface area contributed by atoms with E-state index < -0.39 is 0 Å². The number of hydrogen-bond donors (Lipinski definition) is 0. The molecule has 2 nitrogen and oxygen atoms in total. The van der Waals surface area contributed by atoms with E-state index in [1.165, 1.54) is 6.07 Å². The van der Waals surface area contributed by atoms with Gasteiger partial charge in [-0.3, -0.25) is 4.98 Å². The summed E-state index contributed by atoms with van der Waals surface area (Å²) in [5.74, 6) is -0.313. The molecule has 106 valence electrons. The number of para-hydroxylation sites is 1. The molecule has 0 amide bonds. The molecule has 0 saturated carbocycles. The van der Waals surface area contributed by atoms with Gasteiger partial charge in [-0.05, 0) is 35.4 Å². The Morgan fingerprint density at radius 3 is 2.62 bits per heavy atom. The minimum atomic E-state index is -0.313. The highest BCUT2D eigenvalue weighted by atomic mass is 35.5. The second-order valence-electron chi connectivity index (χ2n) is 4.73. The van der Waals surface area contributed by atoms with Crippen LogP contribution in [0.4, 0.5) is 4.39 Å². The molecule has 0 fully saturated rings. The molecule has 1 aromatic heterocycles. The minimum absolute atomic E-state index is 0.313. The van der Waals surface area contributed by atoms with Gasteiger partial charge < -0.3 is 4.74 Å². The maximum atomic E-state index is 13.7. The van der Waals surface area contributed by atoms with Crippen LogP contribution in [0.3, 0.4) is 0 Å². The van der Waals surface area contributed by atoms with Crippen LogP contribution in [0.25, 0.3) is 10.9 Å². The molecule has 3 rings (SSSR count). The molecule has 21 heavy (non-hydrogen) atoms. The summed E-state index contributed by atoms with van der Waals surface area (Å²) in [6, 6.07) is 14.3. The Balaban J connectivity index is 1.73.